The molecule has 1 heterocycles. The number of rotatable bonds is 6. The lowest BCUT2D eigenvalue weighted by molar-refractivity contribution is -0.0498. The third-order valence-corrected chi connectivity index (χ3v) is 4.53. The zero-order chi connectivity index (χ0) is 19.1. The molecule has 27 heavy (non-hydrogen) atoms. The molecule has 0 unspecified atom stereocenters. The summed E-state index contributed by atoms with van der Waals surface area (Å²) in [5.41, 5.74) is 2.13. The highest BCUT2D eigenvalue weighted by Gasteiger charge is 2.20. The van der Waals surface area contributed by atoms with Gasteiger partial charge in [0.2, 0.25) is 0 Å². The lowest BCUT2D eigenvalue weighted by Gasteiger charge is -2.36. The molecule has 1 aliphatic heterocycles. The lowest BCUT2D eigenvalue weighted by atomic mass is 10.1. The Morgan fingerprint density at radius 2 is 1.67 bits per heavy atom. The van der Waals surface area contributed by atoms with Crippen LogP contribution in [-0.2, 0) is 6.42 Å². The van der Waals surface area contributed by atoms with E-state index in [1.807, 2.05) is 23.1 Å². The molecule has 2 aromatic carbocycles. The molecule has 1 N–H and O–H groups in total. The number of benzene rings is 2. The number of amides is 2. The van der Waals surface area contributed by atoms with E-state index < -0.39 is 6.61 Å². The van der Waals surface area contributed by atoms with Gasteiger partial charge in [-0.05, 0) is 36.2 Å². The second-order valence-electron chi connectivity index (χ2n) is 6.31. The van der Waals surface area contributed by atoms with Gasteiger partial charge in [0.25, 0.3) is 0 Å². The monoisotopic (exact) mass is 375 g/mol. The van der Waals surface area contributed by atoms with Gasteiger partial charge in [-0.25, -0.2) is 4.79 Å². The van der Waals surface area contributed by atoms with E-state index in [4.69, 9.17) is 0 Å². The number of nitrogens with one attached hydrogen (secondary N) is 1. The lowest BCUT2D eigenvalue weighted by Crippen LogP contribution is -2.52. The van der Waals surface area contributed by atoms with Crippen molar-refractivity contribution in [3.8, 4) is 5.75 Å². The Labute approximate surface area is 157 Å². The second kappa shape index (κ2) is 9.21. The van der Waals surface area contributed by atoms with Crippen molar-refractivity contribution in [3.05, 3.63) is 60.2 Å². The van der Waals surface area contributed by atoms with Gasteiger partial charge in [-0.1, -0.05) is 30.3 Å². The second-order valence-corrected chi connectivity index (χ2v) is 6.31. The molecule has 0 spiro atoms. The number of nitrogens with zero attached hydrogens (tertiary/aromatic N) is 2. The number of carbonyl (C=O) groups excluding carboxylic acids is 1. The van der Waals surface area contributed by atoms with Crippen LogP contribution in [-0.4, -0.2) is 50.3 Å². The number of carbonyl (C=O) groups is 1. The minimum atomic E-state index is -2.82. The molecular formula is C20H23F2N3O2. The number of halogens is 2. The highest BCUT2D eigenvalue weighted by Crippen LogP contribution is 2.16. The first-order valence-corrected chi connectivity index (χ1v) is 8.98. The minimum Gasteiger partial charge on any atom is -0.435 e. The molecule has 2 aromatic rings. The van der Waals surface area contributed by atoms with Crippen LogP contribution in [0.15, 0.2) is 54.6 Å². The van der Waals surface area contributed by atoms with Gasteiger partial charge in [-0.15, -0.1) is 0 Å². The third kappa shape index (κ3) is 5.57. The Morgan fingerprint density at radius 1 is 1.00 bits per heavy atom. The Balaban J connectivity index is 1.39. The van der Waals surface area contributed by atoms with E-state index in [-0.39, 0.29) is 11.8 Å². The quantitative estimate of drug-likeness (QED) is 0.842. The molecular weight excluding hydrogens is 352 g/mol. The van der Waals surface area contributed by atoms with Crippen molar-refractivity contribution >= 4 is 11.7 Å². The van der Waals surface area contributed by atoms with E-state index >= 15 is 0 Å². The number of urea groups is 1. The van der Waals surface area contributed by atoms with Crippen LogP contribution in [0.3, 0.4) is 0 Å². The molecule has 1 saturated heterocycles. The van der Waals surface area contributed by atoms with Crippen LogP contribution in [0.2, 0.25) is 0 Å². The highest BCUT2D eigenvalue weighted by molar-refractivity contribution is 5.74. The van der Waals surface area contributed by atoms with Gasteiger partial charge in [-0.2, -0.15) is 8.78 Å². The molecule has 0 atom stereocenters. The summed E-state index contributed by atoms with van der Waals surface area (Å²) in [5.74, 6) is 0.133. The van der Waals surface area contributed by atoms with Crippen molar-refractivity contribution < 1.29 is 18.3 Å². The minimum absolute atomic E-state index is 0.0691. The average molecular weight is 375 g/mol. The fourth-order valence-electron chi connectivity index (χ4n) is 3.07. The number of anilines is 1. The summed E-state index contributed by atoms with van der Waals surface area (Å²) < 4.78 is 28.6. The van der Waals surface area contributed by atoms with Crippen LogP contribution >= 0.6 is 0 Å². The summed E-state index contributed by atoms with van der Waals surface area (Å²) in [5, 5.41) is 2.92. The number of ether oxygens (including phenoxy) is 1. The standard InChI is InChI=1S/C20H23F2N3O2/c21-19(22)27-18-8-6-16(7-9-18)10-11-23-20(26)25-14-12-24(13-15-25)17-4-2-1-3-5-17/h1-9,19H,10-15H2,(H,23,26). The summed E-state index contributed by atoms with van der Waals surface area (Å²) in [7, 11) is 0. The number of hydrogen-bond acceptors (Lipinski definition) is 3. The van der Waals surface area contributed by atoms with Crippen molar-refractivity contribution in [1.82, 2.24) is 10.2 Å². The Morgan fingerprint density at radius 3 is 2.30 bits per heavy atom. The van der Waals surface area contributed by atoms with Crippen LogP contribution in [0.1, 0.15) is 5.56 Å². The van der Waals surface area contributed by atoms with Gasteiger partial charge >= 0.3 is 12.6 Å². The SMILES string of the molecule is O=C(NCCc1ccc(OC(F)F)cc1)N1CCN(c2ccccc2)CC1. The van der Waals surface area contributed by atoms with Crippen molar-refractivity contribution in [3.63, 3.8) is 0 Å². The molecule has 1 fully saturated rings. The molecule has 0 bridgehead atoms. The zero-order valence-electron chi connectivity index (χ0n) is 15.0. The van der Waals surface area contributed by atoms with E-state index in [0.717, 1.165) is 18.7 Å². The van der Waals surface area contributed by atoms with Gasteiger partial charge < -0.3 is 19.9 Å². The Bertz CT molecular complexity index is 718. The van der Waals surface area contributed by atoms with Crippen LogP contribution < -0.4 is 15.0 Å². The Hall–Kier alpha value is -2.83. The molecule has 7 heteroatoms. The van der Waals surface area contributed by atoms with Crippen molar-refractivity contribution in [2.45, 2.75) is 13.0 Å². The van der Waals surface area contributed by atoms with Crippen LogP contribution in [0, 0.1) is 0 Å². The van der Waals surface area contributed by atoms with Gasteiger partial charge in [0.15, 0.2) is 0 Å². The summed E-state index contributed by atoms with van der Waals surface area (Å²) in [6, 6.07) is 16.6. The molecule has 1 aliphatic rings. The summed E-state index contributed by atoms with van der Waals surface area (Å²) >= 11 is 0. The van der Waals surface area contributed by atoms with Gasteiger partial charge in [0.05, 0.1) is 0 Å². The highest BCUT2D eigenvalue weighted by atomic mass is 19.3. The van der Waals surface area contributed by atoms with Crippen molar-refractivity contribution in [2.75, 3.05) is 37.6 Å². The maximum absolute atomic E-state index is 12.3. The van der Waals surface area contributed by atoms with E-state index in [1.54, 1.807) is 12.1 Å². The summed E-state index contributed by atoms with van der Waals surface area (Å²) in [4.78, 5) is 16.4. The molecule has 3 rings (SSSR count). The largest absolute Gasteiger partial charge is 0.435 e. The zero-order valence-corrected chi connectivity index (χ0v) is 15.0. The first kappa shape index (κ1) is 18.9. The maximum Gasteiger partial charge on any atom is 0.387 e. The molecule has 0 aliphatic carbocycles. The van der Waals surface area contributed by atoms with Crippen molar-refractivity contribution in [2.24, 2.45) is 0 Å². The predicted molar refractivity (Wildman–Crippen MR) is 100 cm³/mol. The molecule has 144 valence electrons. The van der Waals surface area contributed by atoms with E-state index in [1.165, 1.54) is 17.8 Å². The van der Waals surface area contributed by atoms with Crippen molar-refractivity contribution in [1.29, 1.82) is 0 Å². The smallest absolute Gasteiger partial charge is 0.387 e. The molecule has 5 nitrogen and oxygen atoms in total. The fourth-order valence-corrected chi connectivity index (χ4v) is 3.07. The third-order valence-electron chi connectivity index (χ3n) is 4.53. The first-order chi connectivity index (χ1) is 13.1. The van der Waals surface area contributed by atoms with Crippen LogP contribution in [0.25, 0.3) is 0 Å². The number of hydrogen-bond donors (Lipinski definition) is 1. The Kier molecular flexibility index (Phi) is 6.46. The molecule has 0 aromatic heterocycles. The number of para-hydroxylation sites is 1. The predicted octanol–water partition coefficient (Wildman–Crippen LogP) is 3.36. The topological polar surface area (TPSA) is 44.8 Å². The van der Waals surface area contributed by atoms with Gasteiger partial charge in [-0.3, -0.25) is 0 Å². The van der Waals surface area contributed by atoms with Gasteiger partial charge in [0.1, 0.15) is 5.75 Å². The maximum atomic E-state index is 12.3. The van der Waals surface area contributed by atoms with Gasteiger partial charge in [0, 0.05) is 38.4 Å². The van der Waals surface area contributed by atoms with E-state index in [0.29, 0.717) is 26.1 Å². The van der Waals surface area contributed by atoms with E-state index in [9.17, 15) is 13.6 Å². The molecule has 0 radical (unpaired) electrons. The van der Waals surface area contributed by atoms with Crippen LogP contribution in [0.4, 0.5) is 19.3 Å². The summed E-state index contributed by atoms with van der Waals surface area (Å²) in [6.07, 6.45) is 0.630. The molecule has 2 amide bonds. The fraction of sp³-hybridized carbons (Fsp3) is 0.350. The first-order valence-electron chi connectivity index (χ1n) is 8.98. The van der Waals surface area contributed by atoms with Crippen LogP contribution in [0.5, 0.6) is 5.75 Å². The number of piperazine rings is 1. The normalized spacial score (nSPS) is 14.3. The van der Waals surface area contributed by atoms with E-state index in [2.05, 4.69) is 27.1 Å². The average Bonchev–Trinajstić information content (AvgIpc) is 2.69. The molecule has 0 saturated carbocycles. The summed E-state index contributed by atoms with van der Waals surface area (Å²) in [6.45, 7) is 0.650. The number of alkyl halides is 2.